The lowest BCUT2D eigenvalue weighted by Crippen LogP contribution is -2.31. The van der Waals surface area contributed by atoms with Crippen LogP contribution in [-0.2, 0) is 16.6 Å². The third-order valence-electron chi connectivity index (χ3n) is 3.21. The summed E-state index contributed by atoms with van der Waals surface area (Å²) >= 11 is 1.44. The van der Waals surface area contributed by atoms with Crippen molar-refractivity contribution in [1.29, 1.82) is 0 Å². The van der Waals surface area contributed by atoms with Crippen molar-refractivity contribution in [2.24, 2.45) is 0 Å². The summed E-state index contributed by atoms with van der Waals surface area (Å²) in [5, 5.41) is 5.19. The van der Waals surface area contributed by atoms with Gasteiger partial charge in [0, 0.05) is 11.3 Å². The Labute approximate surface area is 152 Å². The van der Waals surface area contributed by atoms with Crippen LogP contribution in [0.15, 0.2) is 29.6 Å². The zero-order valence-electron chi connectivity index (χ0n) is 13.8. The van der Waals surface area contributed by atoms with E-state index in [1.165, 1.54) is 34.3 Å². The van der Waals surface area contributed by atoms with E-state index < -0.39 is 27.1 Å². The molecule has 0 unspecified atom stereocenters. The van der Waals surface area contributed by atoms with Gasteiger partial charge in [-0.15, -0.1) is 11.3 Å². The van der Waals surface area contributed by atoms with Crippen LogP contribution < -0.4 is 10.0 Å². The summed E-state index contributed by atoms with van der Waals surface area (Å²) in [6.45, 7) is 4.02. The monoisotopic (exact) mass is 407 g/mol. The first-order chi connectivity index (χ1) is 12.0. The lowest BCUT2D eigenvalue weighted by Gasteiger charge is -2.13. The fourth-order valence-electron chi connectivity index (χ4n) is 1.91. The number of benzene rings is 1. The first kappa shape index (κ1) is 20.2. The number of aromatic nitrogens is 1. The Hall–Kier alpha value is -2.14. The molecule has 1 aromatic heterocycles. The van der Waals surface area contributed by atoms with Crippen LogP contribution in [0, 0.1) is 0 Å². The van der Waals surface area contributed by atoms with E-state index in [4.69, 9.17) is 0 Å². The molecule has 2 aromatic rings. The van der Waals surface area contributed by atoms with Crippen molar-refractivity contribution in [2.45, 2.75) is 31.8 Å². The van der Waals surface area contributed by atoms with E-state index in [2.05, 4.69) is 10.3 Å². The Bertz CT molecular complexity index is 893. The molecule has 0 saturated heterocycles. The van der Waals surface area contributed by atoms with E-state index in [-0.39, 0.29) is 18.0 Å². The Kier molecular flexibility index (Phi) is 5.91. The largest absolute Gasteiger partial charge is 0.516 e. The van der Waals surface area contributed by atoms with Crippen LogP contribution in [0.4, 0.5) is 18.9 Å². The van der Waals surface area contributed by atoms with E-state index in [9.17, 15) is 26.4 Å². The number of halogens is 3. The van der Waals surface area contributed by atoms with Crippen LogP contribution in [0.2, 0.25) is 0 Å². The van der Waals surface area contributed by atoms with Crippen LogP contribution in [0.3, 0.4) is 0 Å². The molecule has 0 aliphatic heterocycles. The zero-order chi connectivity index (χ0) is 19.5. The average molecular weight is 407 g/mol. The predicted molar refractivity (Wildman–Crippen MR) is 92.4 cm³/mol. The van der Waals surface area contributed by atoms with Gasteiger partial charge in [0.1, 0.15) is 0 Å². The third kappa shape index (κ3) is 4.73. The Morgan fingerprint density at radius 2 is 1.92 bits per heavy atom. The van der Waals surface area contributed by atoms with Gasteiger partial charge in [-0.1, -0.05) is 26.0 Å². The number of hydrogen-bond donors (Lipinski definition) is 2. The van der Waals surface area contributed by atoms with Crippen LogP contribution >= 0.6 is 11.3 Å². The van der Waals surface area contributed by atoms with E-state index in [1.54, 1.807) is 5.38 Å². The average Bonchev–Trinajstić information content (AvgIpc) is 3.01. The molecule has 0 spiro atoms. The minimum absolute atomic E-state index is 0.0718. The molecule has 0 saturated carbocycles. The number of anilines is 1. The first-order valence-electron chi connectivity index (χ1n) is 7.42. The lowest BCUT2D eigenvalue weighted by molar-refractivity contribution is -0.0429. The summed E-state index contributed by atoms with van der Waals surface area (Å²) < 4.78 is 61.5. The van der Waals surface area contributed by atoms with E-state index in [0.717, 1.165) is 11.1 Å². The van der Waals surface area contributed by atoms with Gasteiger partial charge in [0.2, 0.25) is 0 Å². The van der Waals surface area contributed by atoms with E-state index >= 15 is 0 Å². The maximum absolute atomic E-state index is 12.5. The second-order valence-corrected chi connectivity index (χ2v) is 8.17. The molecule has 1 amide bonds. The summed E-state index contributed by atoms with van der Waals surface area (Å²) in [6.07, 6.45) is 0. The van der Waals surface area contributed by atoms with Crippen LogP contribution in [0.25, 0.3) is 0 Å². The second kappa shape index (κ2) is 7.62. The number of thiazole rings is 1. The summed E-state index contributed by atoms with van der Waals surface area (Å²) in [7, 11) is -5.62. The van der Waals surface area contributed by atoms with Crippen LogP contribution in [0.1, 0.15) is 40.8 Å². The Balaban J connectivity index is 2.14. The summed E-state index contributed by atoms with van der Waals surface area (Å²) in [6, 6.07) is 5.04. The molecule has 1 aromatic carbocycles. The molecule has 0 aliphatic rings. The molecule has 0 fully saturated rings. The van der Waals surface area contributed by atoms with Crippen molar-refractivity contribution in [3.63, 3.8) is 0 Å². The Morgan fingerprint density at radius 1 is 1.27 bits per heavy atom. The molecule has 0 aliphatic carbocycles. The van der Waals surface area contributed by atoms with Crippen molar-refractivity contribution < 1.29 is 26.4 Å². The summed E-state index contributed by atoms with van der Waals surface area (Å²) in [5.41, 5.74) is -5.55. The lowest BCUT2D eigenvalue weighted by atomic mass is 10.1. The standard InChI is InChI=1S/C15H16F3N3O3S2/c1-9(2)14-20-10(8-25-14)7-19-13(22)11-5-3-4-6-12(11)21-26(23,24)15(16,17)18/h3-6,8-9,21H,7H2,1-2H3,(H,19,22). The van der Waals surface area contributed by atoms with Crippen molar-refractivity contribution in [3.05, 3.63) is 45.9 Å². The highest BCUT2D eigenvalue weighted by Crippen LogP contribution is 2.27. The molecule has 0 radical (unpaired) electrons. The molecule has 2 rings (SSSR count). The van der Waals surface area contributed by atoms with Crippen LogP contribution in [-0.4, -0.2) is 24.8 Å². The van der Waals surface area contributed by atoms with Gasteiger partial charge in [-0.25, -0.2) is 4.98 Å². The number of nitrogens with one attached hydrogen (secondary N) is 2. The summed E-state index contributed by atoms with van der Waals surface area (Å²) in [5.74, 6) is -0.480. The molecule has 2 N–H and O–H groups in total. The van der Waals surface area contributed by atoms with Crippen molar-refractivity contribution in [1.82, 2.24) is 10.3 Å². The Morgan fingerprint density at radius 3 is 2.50 bits per heavy atom. The molecule has 1 heterocycles. The maximum atomic E-state index is 12.5. The molecule has 6 nitrogen and oxygen atoms in total. The topological polar surface area (TPSA) is 88.2 Å². The number of para-hydroxylation sites is 1. The van der Waals surface area contributed by atoms with Crippen molar-refractivity contribution in [3.8, 4) is 0 Å². The van der Waals surface area contributed by atoms with Gasteiger partial charge in [0.15, 0.2) is 0 Å². The highest BCUT2D eigenvalue weighted by atomic mass is 32.2. The van der Waals surface area contributed by atoms with Crippen molar-refractivity contribution >= 4 is 33.0 Å². The van der Waals surface area contributed by atoms with Crippen molar-refractivity contribution in [2.75, 3.05) is 4.72 Å². The third-order valence-corrected chi connectivity index (χ3v) is 5.51. The number of rotatable bonds is 6. The molecule has 0 bridgehead atoms. The van der Waals surface area contributed by atoms with Gasteiger partial charge in [-0.3, -0.25) is 9.52 Å². The number of alkyl halides is 3. The van der Waals surface area contributed by atoms with E-state index in [0.29, 0.717) is 5.69 Å². The quantitative estimate of drug-likeness (QED) is 0.768. The minimum atomic E-state index is -5.62. The highest BCUT2D eigenvalue weighted by molar-refractivity contribution is 7.93. The smallest absolute Gasteiger partial charge is 0.346 e. The SMILES string of the molecule is CC(C)c1nc(CNC(=O)c2ccccc2NS(=O)(=O)C(F)(F)F)cs1. The second-order valence-electron chi connectivity index (χ2n) is 5.61. The zero-order valence-corrected chi connectivity index (χ0v) is 15.4. The van der Waals surface area contributed by atoms with Gasteiger partial charge in [-0.2, -0.15) is 21.6 Å². The predicted octanol–water partition coefficient (Wildman–Crippen LogP) is 3.46. The van der Waals surface area contributed by atoms with Gasteiger partial charge in [0.05, 0.1) is 28.5 Å². The highest BCUT2D eigenvalue weighted by Gasteiger charge is 2.46. The molecular weight excluding hydrogens is 391 g/mol. The maximum Gasteiger partial charge on any atom is 0.516 e. The first-order valence-corrected chi connectivity index (χ1v) is 9.78. The number of carbonyl (C=O) groups is 1. The number of nitrogens with zero attached hydrogens (tertiary/aromatic N) is 1. The molecule has 11 heteroatoms. The van der Waals surface area contributed by atoms with Gasteiger partial charge in [-0.05, 0) is 12.1 Å². The van der Waals surface area contributed by atoms with Gasteiger partial charge >= 0.3 is 15.5 Å². The molecule has 0 atom stereocenters. The number of hydrogen-bond acceptors (Lipinski definition) is 5. The number of sulfonamides is 1. The van der Waals surface area contributed by atoms with E-state index in [1.807, 2.05) is 13.8 Å². The summed E-state index contributed by atoms with van der Waals surface area (Å²) in [4.78, 5) is 16.6. The molecular formula is C15H16F3N3O3S2. The minimum Gasteiger partial charge on any atom is -0.346 e. The van der Waals surface area contributed by atoms with Gasteiger partial charge in [0.25, 0.3) is 5.91 Å². The van der Waals surface area contributed by atoms with Gasteiger partial charge < -0.3 is 5.32 Å². The van der Waals surface area contributed by atoms with Crippen LogP contribution in [0.5, 0.6) is 0 Å². The fourth-order valence-corrected chi connectivity index (χ4v) is 3.33. The number of carbonyl (C=O) groups excluding carboxylic acids is 1. The number of amides is 1. The molecule has 26 heavy (non-hydrogen) atoms. The molecule has 142 valence electrons. The normalized spacial score (nSPS) is 12.2. The fraction of sp³-hybridized carbons (Fsp3) is 0.333.